The van der Waals surface area contributed by atoms with Gasteiger partial charge in [0.15, 0.2) is 8.32 Å². The van der Waals surface area contributed by atoms with E-state index in [-0.39, 0.29) is 5.04 Å². The molecule has 0 bridgehead atoms. The Morgan fingerprint density at radius 3 is 2.22 bits per heavy atom. The van der Waals surface area contributed by atoms with E-state index in [1.165, 1.54) is 17.6 Å². The molecule has 0 spiro atoms. The minimum Gasteiger partial charge on any atom is -0.417 e. The molecule has 0 aliphatic rings. The summed E-state index contributed by atoms with van der Waals surface area (Å²) in [6.07, 6.45) is 6.60. The van der Waals surface area contributed by atoms with Gasteiger partial charge >= 0.3 is 0 Å². The van der Waals surface area contributed by atoms with Gasteiger partial charge in [0.05, 0.1) is 10.8 Å². The average molecular weight is 409 g/mol. The van der Waals surface area contributed by atoms with E-state index in [1.807, 2.05) is 29.7 Å². The van der Waals surface area contributed by atoms with E-state index in [9.17, 15) is 4.21 Å². The van der Waals surface area contributed by atoms with Gasteiger partial charge in [-0.2, -0.15) is 0 Å². The Balaban J connectivity index is 2.57. The van der Waals surface area contributed by atoms with Crippen molar-refractivity contribution in [2.45, 2.75) is 96.2 Å². The van der Waals surface area contributed by atoms with Crippen LogP contribution < -0.4 is 0 Å². The van der Waals surface area contributed by atoms with Gasteiger partial charge in [-0.25, -0.2) is 4.21 Å². The monoisotopic (exact) mass is 408 g/mol. The molecule has 1 aromatic rings. The zero-order valence-corrected chi connectivity index (χ0v) is 20.4. The SMILES string of the molecule is CCCC/C(=C/[S@@](=O)c1ccc(C)cc1)CCCCO[Si](C)(C)C(C)(C)C. The quantitative estimate of drug-likeness (QED) is 0.282. The van der Waals surface area contributed by atoms with Crippen molar-refractivity contribution in [2.24, 2.45) is 0 Å². The van der Waals surface area contributed by atoms with Crippen molar-refractivity contribution >= 4 is 19.1 Å². The Morgan fingerprint density at radius 1 is 1.07 bits per heavy atom. The molecule has 0 heterocycles. The third-order valence-electron chi connectivity index (χ3n) is 5.54. The van der Waals surface area contributed by atoms with Crippen molar-refractivity contribution in [3.05, 3.63) is 40.8 Å². The van der Waals surface area contributed by atoms with Crippen LogP contribution in [0.25, 0.3) is 0 Å². The third kappa shape index (κ3) is 8.88. The van der Waals surface area contributed by atoms with E-state index in [2.05, 4.69) is 47.7 Å². The number of hydrogen-bond acceptors (Lipinski definition) is 2. The second-order valence-electron chi connectivity index (χ2n) is 9.06. The molecule has 27 heavy (non-hydrogen) atoms. The molecule has 1 atom stereocenters. The van der Waals surface area contributed by atoms with Gasteiger partial charge in [-0.05, 0) is 69.3 Å². The minimum atomic E-state index is -1.64. The molecule has 154 valence electrons. The number of allylic oxidation sites excluding steroid dienone is 1. The Bertz CT molecular complexity index is 612. The van der Waals surface area contributed by atoms with Crippen LogP contribution in [0, 0.1) is 6.92 Å². The fraction of sp³-hybridized carbons (Fsp3) is 0.652. The molecule has 0 aromatic heterocycles. The number of unbranched alkanes of at least 4 members (excludes halogenated alkanes) is 2. The lowest BCUT2D eigenvalue weighted by Gasteiger charge is -2.36. The first-order valence-electron chi connectivity index (χ1n) is 10.4. The zero-order chi connectivity index (χ0) is 20.5. The Labute approximate surface area is 171 Å². The Hall–Kier alpha value is -0.713. The highest BCUT2D eigenvalue weighted by molar-refractivity contribution is 7.88. The molecule has 0 amide bonds. The van der Waals surface area contributed by atoms with Crippen LogP contribution in [0.4, 0.5) is 0 Å². The summed E-state index contributed by atoms with van der Waals surface area (Å²) in [5.41, 5.74) is 2.54. The van der Waals surface area contributed by atoms with Crippen LogP contribution in [-0.4, -0.2) is 19.1 Å². The largest absolute Gasteiger partial charge is 0.417 e. The topological polar surface area (TPSA) is 26.3 Å². The van der Waals surface area contributed by atoms with Crippen molar-refractivity contribution < 1.29 is 8.63 Å². The van der Waals surface area contributed by atoms with Crippen molar-refractivity contribution in [1.29, 1.82) is 0 Å². The number of rotatable bonds is 11. The fourth-order valence-electron chi connectivity index (χ4n) is 2.54. The van der Waals surface area contributed by atoms with E-state index in [0.717, 1.165) is 43.6 Å². The molecule has 4 heteroatoms. The molecule has 0 radical (unpaired) electrons. The summed E-state index contributed by atoms with van der Waals surface area (Å²) in [5.74, 6) is 0. The summed E-state index contributed by atoms with van der Waals surface area (Å²) in [5, 5.41) is 2.26. The van der Waals surface area contributed by atoms with Gasteiger partial charge in [-0.3, -0.25) is 0 Å². The number of aryl methyl sites for hydroxylation is 1. The van der Waals surface area contributed by atoms with Crippen LogP contribution in [0.15, 0.2) is 40.1 Å². The molecule has 1 aromatic carbocycles. The lowest BCUT2D eigenvalue weighted by molar-refractivity contribution is 0.279. The van der Waals surface area contributed by atoms with Gasteiger partial charge in [0.1, 0.15) is 0 Å². The van der Waals surface area contributed by atoms with E-state index >= 15 is 0 Å². The highest BCUT2D eigenvalue weighted by atomic mass is 32.2. The first kappa shape index (κ1) is 24.3. The molecule has 0 saturated heterocycles. The summed E-state index contributed by atoms with van der Waals surface area (Å²) < 4.78 is 19.0. The first-order valence-corrected chi connectivity index (χ1v) is 14.5. The number of hydrogen-bond donors (Lipinski definition) is 0. The lowest BCUT2D eigenvalue weighted by atomic mass is 10.0. The summed E-state index contributed by atoms with van der Waals surface area (Å²) in [6, 6.07) is 8.02. The second kappa shape index (κ2) is 11.3. The molecule has 0 unspecified atom stereocenters. The molecule has 2 nitrogen and oxygen atoms in total. The van der Waals surface area contributed by atoms with Gasteiger partial charge in [-0.15, -0.1) is 0 Å². The summed E-state index contributed by atoms with van der Waals surface area (Å²) in [6.45, 7) is 16.6. The van der Waals surface area contributed by atoms with Crippen LogP contribution >= 0.6 is 0 Å². The number of benzene rings is 1. The zero-order valence-electron chi connectivity index (χ0n) is 18.6. The highest BCUT2D eigenvalue weighted by Gasteiger charge is 2.36. The van der Waals surface area contributed by atoms with Crippen molar-refractivity contribution in [3.63, 3.8) is 0 Å². The smallest absolute Gasteiger partial charge is 0.191 e. The average Bonchev–Trinajstić information content (AvgIpc) is 2.58. The van der Waals surface area contributed by atoms with Gasteiger partial charge in [-0.1, -0.05) is 57.4 Å². The summed E-state index contributed by atoms with van der Waals surface area (Å²) >= 11 is 0. The van der Waals surface area contributed by atoms with Crippen LogP contribution in [0.5, 0.6) is 0 Å². The third-order valence-corrected chi connectivity index (χ3v) is 11.4. The fourth-order valence-corrected chi connectivity index (χ4v) is 4.70. The Kier molecular flexibility index (Phi) is 10.2. The van der Waals surface area contributed by atoms with Crippen LogP contribution in [0.3, 0.4) is 0 Å². The molecule has 0 aliphatic heterocycles. The molecule has 1 rings (SSSR count). The predicted octanol–water partition coefficient (Wildman–Crippen LogP) is 7.37. The summed E-state index contributed by atoms with van der Waals surface area (Å²) in [7, 11) is -2.69. The minimum absolute atomic E-state index is 0.268. The molecular weight excluding hydrogens is 368 g/mol. The van der Waals surface area contributed by atoms with Crippen molar-refractivity contribution in [1.82, 2.24) is 0 Å². The van der Waals surface area contributed by atoms with E-state index < -0.39 is 19.1 Å². The standard InChI is InChI=1S/C23H40O2SSi/c1-8-9-12-21(19-26(24)22-16-14-20(2)15-17-22)13-10-11-18-25-27(6,7)23(3,4)5/h14-17,19H,8-13,18H2,1-7H3/b21-19-/t26-/m1/s1. The maximum absolute atomic E-state index is 12.7. The van der Waals surface area contributed by atoms with Crippen molar-refractivity contribution in [3.8, 4) is 0 Å². The van der Waals surface area contributed by atoms with Crippen LogP contribution in [-0.2, 0) is 15.2 Å². The first-order chi connectivity index (χ1) is 12.6. The predicted molar refractivity (Wildman–Crippen MR) is 122 cm³/mol. The van der Waals surface area contributed by atoms with Crippen molar-refractivity contribution in [2.75, 3.05) is 6.61 Å². The molecule has 0 saturated carbocycles. The molecular formula is C23H40O2SSi. The Morgan fingerprint density at radius 2 is 1.67 bits per heavy atom. The van der Waals surface area contributed by atoms with E-state index in [1.54, 1.807) is 0 Å². The van der Waals surface area contributed by atoms with Gasteiger partial charge in [0.2, 0.25) is 0 Å². The van der Waals surface area contributed by atoms with E-state index in [0.29, 0.717) is 0 Å². The maximum atomic E-state index is 12.7. The van der Waals surface area contributed by atoms with Crippen LogP contribution in [0.1, 0.15) is 71.8 Å². The highest BCUT2D eigenvalue weighted by Crippen LogP contribution is 2.36. The molecule has 0 fully saturated rings. The maximum Gasteiger partial charge on any atom is 0.191 e. The lowest BCUT2D eigenvalue weighted by Crippen LogP contribution is -2.40. The van der Waals surface area contributed by atoms with E-state index in [4.69, 9.17) is 4.43 Å². The van der Waals surface area contributed by atoms with Gasteiger partial charge in [0, 0.05) is 16.9 Å². The van der Waals surface area contributed by atoms with Gasteiger partial charge in [0.25, 0.3) is 0 Å². The summed E-state index contributed by atoms with van der Waals surface area (Å²) in [4.78, 5) is 0.899. The second-order valence-corrected chi connectivity index (χ2v) is 15.2. The molecule has 0 aliphatic carbocycles. The van der Waals surface area contributed by atoms with Gasteiger partial charge < -0.3 is 4.43 Å². The molecule has 0 N–H and O–H groups in total. The van der Waals surface area contributed by atoms with Crippen LogP contribution in [0.2, 0.25) is 18.1 Å². The normalized spacial score (nSPS) is 14.4.